The number of benzene rings is 1. The van der Waals surface area contributed by atoms with Crippen molar-refractivity contribution in [2.24, 2.45) is 5.92 Å². The van der Waals surface area contributed by atoms with Crippen molar-refractivity contribution in [2.45, 2.75) is 31.9 Å². The van der Waals surface area contributed by atoms with E-state index in [-0.39, 0.29) is 11.8 Å². The van der Waals surface area contributed by atoms with E-state index in [1.54, 1.807) is 18.2 Å². The zero-order valence-electron chi connectivity index (χ0n) is 16.5. The van der Waals surface area contributed by atoms with Crippen LogP contribution in [0.4, 0.5) is 24.7 Å². The van der Waals surface area contributed by atoms with Crippen molar-refractivity contribution in [3.05, 3.63) is 47.1 Å². The molecule has 5 nitrogen and oxygen atoms in total. The monoisotopic (exact) mass is 441 g/mol. The molecule has 0 bridgehead atoms. The van der Waals surface area contributed by atoms with Crippen LogP contribution in [0.3, 0.4) is 0 Å². The van der Waals surface area contributed by atoms with Crippen molar-refractivity contribution in [2.75, 3.05) is 30.4 Å². The Kier molecular flexibility index (Phi) is 7.07. The van der Waals surface area contributed by atoms with Crippen LogP contribution in [0.1, 0.15) is 31.2 Å². The highest BCUT2D eigenvalue weighted by Gasteiger charge is 2.31. The van der Waals surface area contributed by atoms with E-state index < -0.39 is 11.7 Å². The first-order valence-corrected chi connectivity index (χ1v) is 10.1. The maximum Gasteiger partial charge on any atom is 0.417 e. The Hall–Kier alpha value is -2.48. The number of nitrogens with one attached hydrogen (secondary N) is 1. The van der Waals surface area contributed by atoms with Crippen LogP contribution in [0.5, 0.6) is 5.75 Å². The second-order valence-corrected chi connectivity index (χ2v) is 7.72. The zero-order chi connectivity index (χ0) is 21.7. The van der Waals surface area contributed by atoms with Gasteiger partial charge in [-0.3, -0.25) is 4.79 Å². The van der Waals surface area contributed by atoms with Crippen LogP contribution >= 0.6 is 11.6 Å². The lowest BCUT2D eigenvalue weighted by Gasteiger charge is -2.33. The van der Waals surface area contributed by atoms with Gasteiger partial charge in [0, 0.05) is 30.7 Å². The highest BCUT2D eigenvalue weighted by atomic mass is 35.5. The standard InChI is InChI=1S/C21H23ClF3N3O2/c1-30-18-7-6-16(22)11-17(18)27-20(29)9-4-14-3-2-10-28(13-14)19-8-5-15(12-26-19)21(23,24)25/h5-8,11-12,14H,2-4,9-10,13H2,1H3,(H,27,29). The number of amides is 1. The Morgan fingerprint density at radius 2 is 2.13 bits per heavy atom. The first-order valence-electron chi connectivity index (χ1n) is 9.68. The summed E-state index contributed by atoms with van der Waals surface area (Å²) in [5.41, 5.74) is -0.234. The summed E-state index contributed by atoms with van der Waals surface area (Å²) in [6.45, 7) is 1.40. The largest absolute Gasteiger partial charge is 0.495 e. The molecule has 0 spiro atoms. The van der Waals surface area contributed by atoms with E-state index in [0.717, 1.165) is 31.6 Å². The van der Waals surface area contributed by atoms with Gasteiger partial charge in [0.25, 0.3) is 0 Å². The molecule has 1 unspecified atom stereocenters. The van der Waals surface area contributed by atoms with Crippen LogP contribution < -0.4 is 15.0 Å². The van der Waals surface area contributed by atoms with E-state index in [4.69, 9.17) is 16.3 Å². The van der Waals surface area contributed by atoms with Crippen molar-refractivity contribution in [3.8, 4) is 5.75 Å². The third-order valence-corrected chi connectivity index (χ3v) is 5.37. The number of hydrogen-bond acceptors (Lipinski definition) is 4. The molecule has 0 radical (unpaired) electrons. The van der Waals surface area contributed by atoms with Gasteiger partial charge >= 0.3 is 6.18 Å². The highest BCUT2D eigenvalue weighted by molar-refractivity contribution is 6.31. The summed E-state index contributed by atoms with van der Waals surface area (Å²) in [7, 11) is 1.52. The number of piperidine rings is 1. The van der Waals surface area contributed by atoms with E-state index in [9.17, 15) is 18.0 Å². The lowest BCUT2D eigenvalue weighted by atomic mass is 9.93. The van der Waals surface area contributed by atoms with Gasteiger partial charge in [-0.25, -0.2) is 4.98 Å². The number of ether oxygens (including phenoxy) is 1. The SMILES string of the molecule is COc1ccc(Cl)cc1NC(=O)CCC1CCCN(c2ccc(C(F)(F)F)cn2)C1. The Morgan fingerprint density at radius 1 is 1.33 bits per heavy atom. The molecule has 1 N–H and O–H groups in total. The van der Waals surface area contributed by atoms with Gasteiger partial charge in [0.1, 0.15) is 11.6 Å². The van der Waals surface area contributed by atoms with Crippen molar-refractivity contribution < 1.29 is 22.7 Å². The van der Waals surface area contributed by atoms with E-state index in [1.807, 2.05) is 4.90 Å². The molecular weight excluding hydrogens is 419 g/mol. The molecular formula is C21H23ClF3N3O2. The Balaban J connectivity index is 1.54. The van der Waals surface area contributed by atoms with E-state index in [2.05, 4.69) is 10.3 Å². The molecule has 30 heavy (non-hydrogen) atoms. The third kappa shape index (κ3) is 5.78. The second-order valence-electron chi connectivity index (χ2n) is 7.29. The van der Waals surface area contributed by atoms with Crippen molar-refractivity contribution in [1.82, 2.24) is 4.98 Å². The topological polar surface area (TPSA) is 54.5 Å². The van der Waals surface area contributed by atoms with Crippen LogP contribution in [0.25, 0.3) is 0 Å². The number of nitrogens with zero attached hydrogens (tertiary/aromatic N) is 2. The number of pyridine rings is 1. The lowest BCUT2D eigenvalue weighted by Crippen LogP contribution is -2.36. The van der Waals surface area contributed by atoms with E-state index in [0.29, 0.717) is 41.7 Å². The summed E-state index contributed by atoms with van der Waals surface area (Å²) in [5, 5.41) is 3.32. The van der Waals surface area contributed by atoms with Crippen molar-refractivity contribution in [1.29, 1.82) is 0 Å². The van der Waals surface area contributed by atoms with Gasteiger partial charge in [-0.1, -0.05) is 11.6 Å². The fraction of sp³-hybridized carbons (Fsp3) is 0.429. The summed E-state index contributed by atoms with van der Waals surface area (Å²) in [6.07, 6.45) is -0.664. The normalized spacial score (nSPS) is 17.0. The number of carbonyl (C=O) groups is 1. The number of alkyl halides is 3. The van der Waals surface area contributed by atoms with Crippen LogP contribution in [-0.2, 0) is 11.0 Å². The molecule has 2 heterocycles. The molecule has 9 heteroatoms. The van der Waals surface area contributed by atoms with Crippen LogP contribution in [0.2, 0.25) is 5.02 Å². The van der Waals surface area contributed by atoms with Gasteiger partial charge in [-0.05, 0) is 55.5 Å². The molecule has 1 fully saturated rings. The second kappa shape index (κ2) is 9.55. The minimum absolute atomic E-state index is 0.139. The molecule has 1 amide bonds. The molecule has 1 aromatic heterocycles. The lowest BCUT2D eigenvalue weighted by molar-refractivity contribution is -0.137. The van der Waals surface area contributed by atoms with Gasteiger partial charge in [-0.15, -0.1) is 0 Å². The van der Waals surface area contributed by atoms with Gasteiger partial charge in [0.05, 0.1) is 18.4 Å². The molecule has 1 aliphatic rings. The number of halogens is 4. The number of hydrogen-bond donors (Lipinski definition) is 1. The molecule has 1 atom stereocenters. The number of methoxy groups -OCH3 is 1. The number of anilines is 2. The van der Waals surface area contributed by atoms with Crippen LogP contribution in [0.15, 0.2) is 36.5 Å². The minimum atomic E-state index is -4.39. The van der Waals surface area contributed by atoms with E-state index >= 15 is 0 Å². The quantitative estimate of drug-likeness (QED) is 0.652. The summed E-state index contributed by atoms with van der Waals surface area (Å²) in [4.78, 5) is 18.3. The molecule has 0 saturated carbocycles. The Bertz CT molecular complexity index is 875. The fourth-order valence-electron chi connectivity index (χ4n) is 3.58. The first-order chi connectivity index (χ1) is 14.3. The molecule has 162 valence electrons. The van der Waals surface area contributed by atoms with E-state index in [1.165, 1.54) is 13.2 Å². The van der Waals surface area contributed by atoms with Crippen molar-refractivity contribution >= 4 is 29.0 Å². The van der Waals surface area contributed by atoms with Crippen molar-refractivity contribution in [3.63, 3.8) is 0 Å². The van der Waals surface area contributed by atoms with Gasteiger partial charge < -0.3 is 15.0 Å². The summed E-state index contributed by atoms with van der Waals surface area (Å²) >= 11 is 5.98. The van der Waals surface area contributed by atoms with Gasteiger partial charge in [-0.2, -0.15) is 13.2 Å². The first kappa shape index (κ1) is 22.2. The predicted octanol–water partition coefficient (Wildman–Crippen LogP) is 5.40. The average molecular weight is 442 g/mol. The number of rotatable bonds is 6. The van der Waals surface area contributed by atoms with Gasteiger partial charge in [0.15, 0.2) is 0 Å². The fourth-order valence-corrected chi connectivity index (χ4v) is 3.75. The molecule has 2 aromatic rings. The maximum absolute atomic E-state index is 12.7. The van der Waals surface area contributed by atoms with Crippen LogP contribution in [-0.4, -0.2) is 31.1 Å². The molecule has 1 aliphatic heterocycles. The number of carbonyl (C=O) groups excluding carboxylic acids is 1. The minimum Gasteiger partial charge on any atom is -0.495 e. The predicted molar refractivity (Wildman–Crippen MR) is 110 cm³/mol. The Morgan fingerprint density at radius 3 is 2.80 bits per heavy atom. The third-order valence-electron chi connectivity index (χ3n) is 5.13. The molecule has 1 saturated heterocycles. The Labute approximate surface area is 178 Å². The smallest absolute Gasteiger partial charge is 0.417 e. The van der Waals surface area contributed by atoms with Gasteiger partial charge in [0.2, 0.25) is 5.91 Å². The summed E-state index contributed by atoms with van der Waals surface area (Å²) < 4.78 is 43.4. The van der Waals surface area contributed by atoms with Crippen LogP contribution in [0, 0.1) is 5.92 Å². The molecule has 3 rings (SSSR count). The average Bonchev–Trinajstić information content (AvgIpc) is 2.72. The summed E-state index contributed by atoms with van der Waals surface area (Å²) in [5.74, 6) is 1.18. The molecule has 0 aliphatic carbocycles. The zero-order valence-corrected chi connectivity index (χ0v) is 17.3. The highest BCUT2D eigenvalue weighted by Crippen LogP contribution is 2.31. The number of aromatic nitrogens is 1. The molecule has 1 aromatic carbocycles. The summed E-state index contributed by atoms with van der Waals surface area (Å²) in [6, 6.07) is 7.47. The maximum atomic E-state index is 12.7.